The normalized spacial score (nSPS) is 14.5. The molecular weight excluding hydrogens is 518 g/mol. The lowest BCUT2D eigenvalue weighted by atomic mass is 10.1. The zero-order valence-corrected chi connectivity index (χ0v) is 22.6. The van der Waals surface area contributed by atoms with Gasteiger partial charge in [0, 0.05) is 0 Å². The topological polar surface area (TPSA) is 55.8 Å². The van der Waals surface area contributed by atoms with Gasteiger partial charge in [-0.05, 0) is 71.3 Å². The highest BCUT2D eigenvalue weighted by molar-refractivity contribution is 8.18. The lowest BCUT2D eigenvalue weighted by Crippen LogP contribution is -2.27. The number of nitrogens with zero attached hydrogens (tertiary/aromatic N) is 1. The minimum Gasteiger partial charge on any atom is -0.490 e. The summed E-state index contributed by atoms with van der Waals surface area (Å²) < 4.78 is 12.0. The number of hydrogen-bond donors (Lipinski definition) is 0. The number of ether oxygens (including phenoxy) is 2. The molecule has 192 valence electrons. The van der Waals surface area contributed by atoms with E-state index < -0.39 is 0 Å². The molecule has 1 saturated heterocycles. The summed E-state index contributed by atoms with van der Waals surface area (Å²) in [6.07, 6.45) is 1.67. The number of carbonyl (C=O) groups excluding carboxylic acids is 2. The Morgan fingerprint density at radius 3 is 2.50 bits per heavy atom. The number of halogens is 1. The highest BCUT2D eigenvalue weighted by Crippen LogP contribution is 2.40. The Morgan fingerprint density at radius 1 is 0.947 bits per heavy atom. The number of rotatable bonds is 8. The second-order valence-corrected chi connectivity index (χ2v) is 10.3. The number of carbonyl (C=O) groups is 2. The van der Waals surface area contributed by atoms with Crippen molar-refractivity contribution >= 4 is 51.4 Å². The van der Waals surface area contributed by atoms with Crippen molar-refractivity contribution in [3.63, 3.8) is 0 Å². The van der Waals surface area contributed by atoms with Gasteiger partial charge in [-0.3, -0.25) is 14.5 Å². The van der Waals surface area contributed by atoms with Crippen LogP contribution in [0.25, 0.3) is 16.8 Å². The highest BCUT2D eigenvalue weighted by Gasteiger charge is 2.35. The molecule has 7 heteroatoms. The van der Waals surface area contributed by atoms with E-state index >= 15 is 0 Å². The van der Waals surface area contributed by atoms with E-state index in [2.05, 4.69) is 18.2 Å². The van der Waals surface area contributed by atoms with Crippen molar-refractivity contribution in [3.8, 4) is 11.5 Å². The van der Waals surface area contributed by atoms with E-state index in [1.54, 1.807) is 18.2 Å². The third-order valence-electron chi connectivity index (χ3n) is 6.22. The largest absolute Gasteiger partial charge is 0.490 e. The number of benzene rings is 4. The van der Waals surface area contributed by atoms with Crippen LogP contribution in [0.3, 0.4) is 0 Å². The van der Waals surface area contributed by atoms with Crippen molar-refractivity contribution in [2.45, 2.75) is 27.0 Å². The fourth-order valence-electron chi connectivity index (χ4n) is 4.31. The summed E-state index contributed by atoms with van der Waals surface area (Å²) in [5, 5.41) is 2.31. The highest BCUT2D eigenvalue weighted by atomic mass is 35.5. The summed E-state index contributed by atoms with van der Waals surface area (Å²) in [5.74, 6) is 0.586. The van der Waals surface area contributed by atoms with E-state index in [0.717, 1.165) is 39.2 Å². The smallest absolute Gasteiger partial charge is 0.293 e. The van der Waals surface area contributed by atoms with Crippen LogP contribution in [-0.4, -0.2) is 22.7 Å². The standard InChI is InChI=1S/C31H26ClNO4S/c1-3-36-27-16-22(17-28-30(34)33(31(35)38-28)18-21-13-11-20(2)12-14-21)15-26(32)29(27)37-19-24-9-6-8-23-7-4-5-10-25(23)24/h4-17H,3,18-19H2,1-2H3/b28-17-. The van der Waals surface area contributed by atoms with E-state index in [1.807, 2.05) is 62.4 Å². The van der Waals surface area contributed by atoms with Gasteiger partial charge >= 0.3 is 0 Å². The quantitative estimate of drug-likeness (QED) is 0.211. The van der Waals surface area contributed by atoms with Crippen LogP contribution in [0.2, 0.25) is 5.02 Å². The number of hydrogen-bond acceptors (Lipinski definition) is 5. The molecule has 0 atom stereocenters. The van der Waals surface area contributed by atoms with Crippen molar-refractivity contribution in [3.05, 3.63) is 111 Å². The van der Waals surface area contributed by atoms with Crippen LogP contribution in [0.1, 0.15) is 29.2 Å². The molecular formula is C31H26ClNO4S. The summed E-state index contributed by atoms with van der Waals surface area (Å²) in [4.78, 5) is 27.3. The number of aryl methyl sites for hydroxylation is 1. The Bertz CT molecular complexity index is 1540. The van der Waals surface area contributed by atoms with Crippen LogP contribution in [-0.2, 0) is 17.9 Å². The molecule has 1 aliphatic heterocycles. The second kappa shape index (κ2) is 11.3. The third-order valence-corrected chi connectivity index (χ3v) is 7.40. The minimum atomic E-state index is -0.328. The van der Waals surface area contributed by atoms with Gasteiger partial charge in [-0.15, -0.1) is 0 Å². The Balaban J connectivity index is 1.38. The third kappa shape index (κ3) is 5.57. The Hall–Kier alpha value is -3.74. The maximum absolute atomic E-state index is 13.0. The van der Waals surface area contributed by atoms with Gasteiger partial charge in [0.25, 0.3) is 11.1 Å². The van der Waals surface area contributed by atoms with Crippen LogP contribution in [0, 0.1) is 6.92 Å². The van der Waals surface area contributed by atoms with E-state index in [1.165, 1.54) is 4.90 Å². The van der Waals surface area contributed by atoms with Gasteiger partial charge in [-0.25, -0.2) is 0 Å². The molecule has 0 aromatic heterocycles. The van der Waals surface area contributed by atoms with Crippen molar-refractivity contribution in [1.82, 2.24) is 4.90 Å². The molecule has 2 amide bonds. The fraction of sp³-hybridized carbons (Fsp3) is 0.161. The maximum atomic E-state index is 13.0. The Labute approximate surface area is 231 Å². The first kappa shape index (κ1) is 25.9. The van der Waals surface area contributed by atoms with Gasteiger partial charge in [0.1, 0.15) is 6.61 Å². The SMILES string of the molecule is CCOc1cc(/C=C2\SC(=O)N(Cc3ccc(C)cc3)C2=O)cc(Cl)c1OCc1cccc2ccccc12. The van der Waals surface area contributed by atoms with Crippen molar-refractivity contribution in [1.29, 1.82) is 0 Å². The summed E-state index contributed by atoms with van der Waals surface area (Å²) in [6.45, 7) is 4.84. The first-order valence-corrected chi connectivity index (χ1v) is 13.5. The van der Waals surface area contributed by atoms with Gasteiger partial charge in [-0.1, -0.05) is 83.9 Å². The molecule has 38 heavy (non-hydrogen) atoms. The predicted molar refractivity (Wildman–Crippen MR) is 154 cm³/mol. The monoisotopic (exact) mass is 543 g/mol. The minimum absolute atomic E-state index is 0.230. The summed E-state index contributed by atoms with van der Waals surface area (Å²) in [7, 11) is 0. The molecule has 0 unspecified atom stereocenters. The van der Waals surface area contributed by atoms with Crippen molar-refractivity contribution in [2.24, 2.45) is 0 Å². The van der Waals surface area contributed by atoms with Crippen molar-refractivity contribution in [2.75, 3.05) is 6.61 Å². The van der Waals surface area contributed by atoms with E-state index in [4.69, 9.17) is 21.1 Å². The first-order chi connectivity index (χ1) is 18.4. The number of amides is 2. The molecule has 1 fully saturated rings. The van der Waals surface area contributed by atoms with Gasteiger partial charge < -0.3 is 9.47 Å². The number of imide groups is 1. The van der Waals surface area contributed by atoms with Crippen molar-refractivity contribution < 1.29 is 19.1 Å². The lowest BCUT2D eigenvalue weighted by Gasteiger charge is -2.15. The van der Waals surface area contributed by atoms with E-state index in [0.29, 0.717) is 40.2 Å². The van der Waals surface area contributed by atoms with Gasteiger partial charge in [-0.2, -0.15) is 0 Å². The zero-order chi connectivity index (χ0) is 26.6. The first-order valence-electron chi connectivity index (χ1n) is 12.3. The molecule has 4 aromatic carbocycles. The summed E-state index contributed by atoms with van der Waals surface area (Å²) in [6, 6.07) is 25.5. The van der Waals surface area contributed by atoms with Crippen LogP contribution in [0.5, 0.6) is 11.5 Å². The molecule has 4 aromatic rings. The lowest BCUT2D eigenvalue weighted by molar-refractivity contribution is -0.123. The molecule has 0 saturated carbocycles. The van der Waals surface area contributed by atoms with Crippen LogP contribution >= 0.6 is 23.4 Å². The second-order valence-electron chi connectivity index (χ2n) is 8.94. The molecule has 0 radical (unpaired) electrons. The Morgan fingerprint density at radius 2 is 1.71 bits per heavy atom. The van der Waals surface area contributed by atoms with Gasteiger partial charge in [0.05, 0.1) is 23.1 Å². The average Bonchev–Trinajstić information content (AvgIpc) is 3.17. The molecule has 0 N–H and O–H groups in total. The van der Waals surface area contributed by atoms with Gasteiger partial charge in [0.15, 0.2) is 11.5 Å². The number of fused-ring (bicyclic) bond motifs is 1. The summed E-state index contributed by atoms with van der Waals surface area (Å²) >= 11 is 7.57. The average molecular weight is 544 g/mol. The molecule has 0 bridgehead atoms. The van der Waals surface area contributed by atoms with Crippen LogP contribution in [0.15, 0.2) is 83.8 Å². The molecule has 1 heterocycles. The summed E-state index contributed by atoms with van der Waals surface area (Å²) in [5.41, 5.74) is 3.70. The fourth-order valence-corrected chi connectivity index (χ4v) is 5.42. The van der Waals surface area contributed by atoms with E-state index in [-0.39, 0.29) is 17.7 Å². The van der Waals surface area contributed by atoms with Crippen LogP contribution < -0.4 is 9.47 Å². The Kier molecular flexibility index (Phi) is 7.72. The van der Waals surface area contributed by atoms with Crippen LogP contribution in [0.4, 0.5) is 4.79 Å². The molecule has 0 aliphatic carbocycles. The molecule has 0 spiro atoms. The number of thioether (sulfide) groups is 1. The van der Waals surface area contributed by atoms with Gasteiger partial charge in [0.2, 0.25) is 0 Å². The van der Waals surface area contributed by atoms with E-state index in [9.17, 15) is 9.59 Å². The molecule has 1 aliphatic rings. The molecule has 5 nitrogen and oxygen atoms in total. The zero-order valence-electron chi connectivity index (χ0n) is 21.1. The molecule has 5 rings (SSSR count). The maximum Gasteiger partial charge on any atom is 0.293 e. The predicted octanol–water partition coefficient (Wildman–Crippen LogP) is 8.02.